The van der Waals surface area contributed by atoms with Gasteiger partial charge in [-0.2, -0.15) is 16.3 Å². The fourth-order valence-corrected chi connectivity index (χ4v) is 3.10. The molecule has 1 aromatic carbocycles. The zero-order chi connectivity index (χ0) is 19.2. The first-order chi connectivity index (χ1) is 13.1. The van der Waals surface area contributed by atoms with Crippen LogP contribution in [-0.4, -0.2) is 34.9 Å². The summed E-state index contributed by atoms with van der Waals surface area (Å²) in [5, 5.41) is 17.0. The van der Waals surface area contributed by atoms with Gasteiger partial charge >= 0.3 is 5.97 Å². The molecule has 0 bridgehead atoms. The number of rotatable bonds is 8. The highest BCUT2D eigenvalue weighted by atomic mass is 32.1. The number of benzene rings is 1. The minimum Gasteiger partial charge on any atom is -0.493 e. The van der Waals surface area contributed by atoms with Crippen LogP contribution in [0.1, 0.15) is 24.8 Å². The number of aliphatic carboxylic acids is 1. The molecule has 7 nitrogen and oxygen atoms in total. The molecule has 0 saturated carbocycles. The van der Waals surface area contributed by atoms with Gasteiger partial charge in [-0.15, -0.1) is 0 Å². The average Bonchev–Trinajstić information content (AvgIpc) is 3.33. The lowest BCUT2D eigenvalue weighted by molar-refractivity contribution is -0.135. The normalized spacial score (nSPS) is 11.4. The van der Waals surface area contributed by atoms with Crippen LogP contribution in [0.3, 0.4) is 0 Å². The summed E-state index contributed by atoms with van der Waals surface area (Å²) in [5.41, 5.74) is 1.97. The van der Waals surface area contributed by atoms with Crippen molar-refractivity contribution in [2.24, 2.45) is 0 Å². The Bertz CT molecular complexity index is 947. The van der Waals surface area contributed by atoms with E-state index < -0.39 is 5.97 Å². The van der Waals surface area contributed by atoms with E-state index >= 15 is 0 Å². The largest absolute Gasteiger partial charge is 0.493 e. The van der Waals surface area contributed by atoms with Crippen molar-refractivity contribution in [2.45, 2.75) is 13.3 Å². The van der Waals surface area contributed by atoms with E-state index in [0.29, 0.717) is 29.5 Å². The highest BCUT2D eigenvalue weighted by molar-refractivity contribution is 7.08. The van der Waals surface area contributed by atoms with Gasteiger partial charge in [0.25, 0.3) is 5.89 Å². The van der Waals surface area contributed by atoms with Crippen molar-refractivity contribution in [3.8, 4) is 22.9 Å². The standard InChI is InChI=1S/C19H18N2O5S/c1-3-25-15-5-4-12(9-16(15)24-2)8-14(10-17(22)23)19-20-18(21-26-19)13-6-7-27-11-13/h4-9,11H,3,10H2,1-2H3,(H,22,23)/b14-8+. The maximum atomic E-state index is 11.3. The van der Waals surface area contributed by atoms with Crippen molar-refractivity contribution in [2.75, 3.05) is 13.7 Å². The summed E-state index contributed by atoms with van der Waals surface area (Å²) in [6, 6.07) is 7.23. The molecule has 2 heterocycles. The van der Waals surface area contributed by atoms with Gasteiger partial charge in [0, 0.05) is 16.5 Å². The Morgan fingerprint density at radius 1 is 1.33 bits per heavy atom. The Morgan fingerprint density at radius 3 is 2.85 bits per heavy atom. The van der Waals surface area contributed by atoms with E-state index in [0.717, 1.165) is 11.1 Å². The third kappa shape index (κ3) is 4.53. The van der Waals surface area contributed by atoms with Gasteiger partial charge in [0.15, 0.2) is 11.5 Å². The molecule has 0 atom stereocenters. The summed E-state index contributed by atoms with van der Waals surface area (Å²) in [4.78, 5) is 15.6. The highest BCUT2D eigenvalue weighted by Crippen LogP contribution is 2.31. The maximum absolute atomic E-state index is 11.3. The van der Waals surface area contributed by atoms with Gasteiger partial charge in [-0.05, 0) is 42.1 Å². The van der Waals surface area contributed by atoms with Gasteiger partial charge in [-0.25, -0.2) is 0 Å². The molecule has 0 aliphatic carbocycles. The van der Waals surface area contributed by atoms with Gasteiger partial charge in [-0.3, -0.25) is 4.79 Å². The first kappa shape index (κ1) is 18.7. The summed E-state index contributed by atoms with van der Waals surface area (Å²) in [6.45, 7) is 2.40. The summed E-state index contributed by atoms with van der Waals surface area (Å²) < 4.78 is 16.1. The van der Waals surface area contributed by atoms with E-state index in [-0.39, 0.29) is 12.3 Å². The quantitative estimate of drug-likeness (QED) is 0.619. The summed E-state index contributed by atoms with van der Waals surface area (Å²) >= 11 is 1.52. The summed E-state index contributed by atoms with van der Waals surface area (Å²) in [5.74, 6) is 0.784. The van der Waals surface area contributed by atoms with Crippen LogP contribution in [-0.2, 0) is 4.79 Å². The van der Waals surface area contributed by atoms with E-state index in [1.165, 1.54) is 11.3 Å². The number of methoxy groups -OCH3 is 1. The van der Waals surface area contributed by atoms with Crippen molar-refractivity contribution in [3.05, 3.63) is 46.5 Å². The Morgan fingerprint density at radius 2 is 2.19 bits per heavy atom. The SMILES string of the molecule is CCOc1ccc(/C=C(\CC(=O)O)c2nc(-c3ccsc3)no2)cc1OC. The molecule has 3 aromatic rings. The van der Waals surface area contributed by atoms with Crippen molar-refractivity contribution in [1.82, 2.24) is 10.1 Å². The zero-order valence-corrected chi connectivity index (χ0v) is 15.7. The topological polar surface area (TPSA) is 94.7 Å². The van der Waals surface area contributed by atoms with Crippen molar-refractivity contribution < 1.29 is 23.9 Å². The van der Waals surface area contributed by atoms with Crippen molar-refractivity contribution in [3.63, 3.8) is 0 Å². The lowest BCUT2D eigenvalue weighted by Gasteiger charge is -2.10. The van der Waals surface area contributed by atoms with E-state index in [1.54, 1.807) is 25.3 Å². The second-order valence-corrected chi connectivity index (χ2v) is 6.30. The molecule has 0 unspecified atom stereocenters. The van der Waals surface area contributed by atoms with E-state index in [1.807, 2.05) is 29.8 Å². The molecular formula is C19H18N2O5S. The van der Waals surface area contributed by atoms with E-state index in [2.05, 4.69) is 10.1 Å². The first-order valence-corrected chi connectivity index (χ1v) is 9.14. The molecule has 0 aliphatic rings. The smallest absolute Gasteiger partial charge is 0.308 e. The number of carbonyl (C=O) groups is 1. The van der Waals surface area contributed by atoms with Crippen LogP contribution < -0.4 is 9.47 Å². The van der Waals surface area contributed by atoms with E-state index in [4.69, 9.17) is 14.0 Å². The minimum absolute atomic E-state index is 0.173. The molecule has 0 spiro atoms. The maximum Gasteiger partial charge on any atom is 0.308 e. The van der Waals surface area contributed by atoms with Crippen LogP contribution in [0.4, 0.5) is 0 Å². The Kier molecular flexibility index (Phi) is 5.87. The molecule has 27 heavy (non-hydrogen) atoms. The molecule has 8 heteroatoms. The van der Waals surface area contributed by atoms with Crippen LogP contribution in [0.2, 0.25) is 0 Å². The molecule has 3 rings (SSSR count). The second kappa shape index (κ2) is 8.50. The number of hydrogen-bond acceptors (Lipinski definition) is 7. The summed E-state index contributed by atoms with van der Waals surface area (Å²) in [7, 11) is 1.55. The molecular weight excluding hydrogens is 368 g/mol. The summed E-state index contributed by atoms with van der Waals surface area (Å²) in [6.07, 6.45) is 1.44. The molecule has 0 radical (unpaired) electrons. The Labute approximate surface area is 159 Å². The van der Waals surface area contributed by atoms with Gasteiger partial charge in [-0.1, -0.05) is 11.2 Å². The molecule has 0 amide bonds. The van der Waals surface area contributed by atoms with Crippen LogP contribution in [0.15, 0.2) is 39.5 Å². The monoisotopic (exact) mass is 386 g/mol. The van der Waals surface area contributed by atoms with Gasteiger partial charge in [0.1, 0.15) is 0 Å². The second-order valence-electron chi connectivity index (χ2n) is 5.52. The van der Waals surface area contributed by atoms with Gasteiger partial charge in [0.05, 0.1) is 20.1 Å². The predicted molar refractivity (Wildman–Crippen MR) is 102 cm³/mol. The molecule has 2 aromatic heterocycles. The fourth-order valence-electron chi connectivity index (χ4n) is 2.46. The third-order valence-corrected chi connectivity index (χ3v) is 4.33. The van der Waals surface area contributed by atoms with Gasteiger partial charge < -0.3 is 19.1 Å². The highest BCUT2D eigenvalue weighted by Gasteiger charge is 2.16. The number of hydrogen-bond donors (Lipinski definition) is 1. The molecule has 0 saturated heterocycles. The third-order valence-electron chi connectivity index (χ3n) is 3.65. The van der Waals surface area contributed by atoms with Gasteiger partial charge in [0.2, 0.25) is 5.82 Å². The van der Waals surface area contributed by atoms with Crippen LogP contribution in [0, 0.1) is 0 Å². The fraction of sp³-hybridized carbons (Fsp3) is 0.211. The minimum atomic E-state index is -0.991. The molecule has 0 fully saturated rings. The van der Waals surface area contributed by atoms with Crippen LogP contribution >= 0.6 is 11.3 Å². The number of nitrogens with zero attached hydrogens (tertiary/aromatic N) is 2. The van der Waals surface area contributed by atoms with Crippen LogP contribution in [0.25, 0.3) is 23.0 Å². The van der Waals surface area contributed by atoms with Crippen molar-refractivity contribution in [1.29, 1.82) is 0 Å². The first-order valence-electron chi connectivity index (χ1n) is 8.20. The number of ether oxygens (including phenoxy) is 2. The number of aromatic nitrogens is 2. The number of carboxylic acid groups (broad SMARTS) is 1. The van der Waals surface area contributed by atoms with Crippen molar-refractivity contribution >= 4 is 29.0 Å². The number of thiophene rings is 1. The Hall–Kier alpha value is -3.13. The number of carboxylic acids is 1. The predicted octanol–water partition coefficient (Wildman–Crippen LogP) is 4.22. The molecule has 0 aliphatic heterocycles. The Balaban J connectivity index is 1.96. The average molecular weight is 386 g/mol. The zero-order valence-electron chi connectivity index (χ0n) is 14.8. The van der Waals surface area contributed by atoms with Crippen LogP contribution in [0.5, 0.6) is 11.5 Å². The lowest BCUT2D eigenvalue weighted by Crippen LogP contribution is -1.98. The lowest BCUT2D eigenvalue weighted by atomic mass is 10.1. The molecule has 1 N–H and O–H groups in total. The molecule has 140 valence electrons. The van der Waals surface area contributed by atoms with E-state index in [9.17, 15) is 9.90 Å².